The third-order valence-corrected chi connectivity index (χ3v) is 3.95. The van der Waals surface area contributed by atoms with Crippen LogP contribution >= 0.6 is 0 Å². The molecule has 0 radical (unpaired) electrons. The van der Waals surface area contributed by atoms with Gasteiger partial charge in [-0.25, -0.2) is 9.78 Å². The summed E-state index contributed by atoms with van der Waals surface area (Å²) in [4.78, 5) is 17.2. The number of hydrogen-bond donors (Lipinski definition) is 0. The molecule has 5 nitrogen and oxygen atoms in total. The minimum Gasteiger partial charge on any atom is -0.493 e. The molecule has 0 spiro atoms. The Balaban J connectivity index is 2.15. The van der Waals surface area contributed by atoms with Crippen LogP contribution in [0.4, 0.5) is 0 Å². The molecule has 0 saturated carbocycles. The first-order valence-electron chi connectivity index (χ1n) is 8.08. The van der Waals surface area contributed by atoms with Crippen LogP contribution in [0.3, 0.4) is 0 Å². The predicted molar refractivity (Wildman–Crippen MR) is 101 cm³/mol. The molecule has 0 saturated heterocycles. The van der Waals surface area contributed by atoms with Crippen LogP contribution < -0.4 is 9.47 Å². The van der Waals surface area contributed by atoms with Gasteiger partial charge in [0.25, 0.3) is 0 Å². The van der Waals surface area contributed by atoms with E-state index >= 15 is 0 Å². The van der Waals surface area contributed by atoms with Crippen LogP contribution in [0.2, 0.25) is 0 Å². The molecule has 0 bridgehead atoms. The number of benzene rings is 2. The summed E-state index contributed by atoms with van der Waals surface area (Å²) >= 11 is 0. The maximum atomic E-state index is 12.5. The number of aromatic nitrogens is 1. The Labute approximate surface area is 151 Å². The molecule has 132 valence electrons. The molecule has 0 atom stereocenters. The Kier molecular flexibility index (Phi) is 5.17. The lowest BCUT2D eigenvalue weighted by Gasteiger charge is -2.12. The molecule has 0 amide bonds. The van der Waals surface area contributed by atoms with E-state index in [4.69, 9.17) is 14.2 Å². The van der Waals surface area contributed by atoms with E-state index in [1.54, 1.807) is 26.4 Å². The highest BCUT2D eigenvalue weighted by Gasteiger charge is 2.16. The van der Waals surface area contributed by atoms with Crippen LogP contribution in [0.1, 0.15) is 10.4 Å². The third-order valence-electron chi connectivity index (χ3n) is 3.95. The maximum Gasteiger partial charge on any atom is 0.339 e. The number of methoxy groups -OCH3 is 2. The van der Waals surface area contributed by atoms with Gasteiger partial charge in [-0.3, -0.25) is 0 Å². The van der Waals surface area contributed by atoms with Crippen molar-refractivity contribution < 1.29 is 19.0 Å². The van der Waals surface area contributed by atoms with Crippen molar-refractivity contribution in [3.05, 3.63) is 66.7 Å². The van der Waals surface area contributed by atoms with Crippen molar-refractivity contribution >= 4 is 16.9 Å². The highest BCUT2D eigenvalue weighted by molar-refractivity contribution is 6.04. The summed E-state index contributed by atoms with van der Waals surface area (Å²) in [5.74, 6) is 0.809. The van der Waals surface area contributed by atoms with Crippen LogP contribution in [0.25, 0.3) is 22.2 Å². The van der Waals surface area contributed by atoms with Crippen LogP contribution in [-0.2, 0) is 4.74 Å². The minimum absolute atomic E-state index is 0.154. The van der Waals surface area contributed by atoms with Crippen molar-refractivity contribution in [3.8, 4) is 22.8 Å². The quantitative estimate of drug-likeness (QED) is 0.491. The van der Waals surface area contributed by atoms with Gasteiger partial charge < -0.3 is 14.2 Å². The molecule has 26 heavy (non-hydrogen) atoms. The lowest BCUT2D eigenvalue weighted by atomic mass is 10.0. The Morgan fingerprint density at radius 1 is 1.08 bits per heavy atom. The average Bonchev–Trinajstić information content (AvgIpc) is 2.70. The summed E-state index contributed by atoms with van der Waals surface area (Å²) < 4.78 is 15.9. The number of carbonyl (C=O) groups excluding carboxylic acids is 1. The zero-order valence-electron chi connectivity index (χ0n) is 14.7. The summed E-state index contributed by atoms with van der Waals surface area (Å²) in [5.41, 5.74) is 2.63. The maximum absolute atomic E-state index is 12.5. The minimum atomic E-state index is -0.412. The first kappa shape index (κ1) is 17.5. The van der Waals surface area contributed by atoms with Crippen molar-refractivity contribution in [3.63, 3.8) is 0 Å². The van der Waals surface area contributed by atoms with Crippen LogP contribution in [-0.4, -0.2) is 31.8 Å². The van der Waals surface area contributed by atoms with E-state index in [0.29, 0.717) is 28.3 Å². The van der Waals surface area contributed by atoms with E-state index in [-0.39, 0.29) is 6.61 Å². The van der Waals surface area contributed by atoms with Gasteiger partial charge in [-0.15, -0.1) is 0 Å². The molecule has 5 heteroatoms. The summed E-state index contributed by atoms with van der Waals surface area (Å²) in [6, 6.07) is 14.7. The summed E-state index contributed by atoms with van der Waals surface area (Å²) in [7, 11) is 3.16. The van der Waals surface area contributed by atoms with Gasteiger partial charge >= 0.3 is 5.97 Å². The monoisotopic (exact) mass is 349 g/mol. The fourth-order valence-electron chi connectivity index (χ4n) is 2.70. The highest BCUT2D eigenvalue weighted by Crippen LogP contribution is 2.33. The molecule has 3 aromatic rings. The van der Waals surface area contributed by atoms with Crippen molar-refractivity contribution in [1.82, 2.24) is 4.98 Å². The van der Waals surface area contributed by atoms with E-state index in [1.165, 1.54) is 6.08 Å². The lowest BCUT2D eigenvalue weighted by Crippen LogP contribution is -2.07. The number of fused-ring (bicyclic) bond motifs is 1. The van der Waals surface area contributed by atoms with E-state index in [1.807, 2.05) is 36.4 Å². The molecular formula is C21H19NO4. The molecule has 0 N–H and O–H groups in total. The molecule has 1 heterocycles. The highest BCUT2D eigenvalue weighted by atomic mass is 16.5. The summed E-state index contributed by atoms with van der Waals surface area (Å²) in [6.45, 7) is 3.73. The number of para-hydroxylation sites is 1. The van der Waals surface area contributed by atoms with Gasteiger partial charge in [0.1, 0.15) is 6.61 Å². The van der Waals surface area contributed by atoms with E-state index in [0.717, 1.165) is 10.9 Å². The molecule has 0 fully saturated rings. The van der Waals surface area contributed by atoms with Gasteiger partial charge in [-0.2, -0.15) is 0 Å². The molecule has 1 aromatic heterocycles. The summed E-state index contributed by atoms with van der Waals surface area (Å²) in [6.07, 6.45) is 1.54. The van der Waals surface area contributed by atoms with Crippen molar-refractivity contribution in [2.75, 3.05) is 20.8 Å². The van der Waals surface area contributed by atoms with Crippen molar-refractivity contribution in [1.29, 1.82) is 0 Å². The first-order valence-corrected chi connectivity index (χ1v) is 8.08. The number of rotatable bonds is 6. The first-order chi connectivity index (χ1) is 12.7. The smallest absolute Gasteiger partial charge is 0.339 e. The summed E-state index contributed by atoms with van der Waals surface area (Å²) in [5, 5.41) is 0.741. The van der Waals surface area contributed by atoms with Crippen LogP contribution in [0, 0.1) is 0 Å². The number of ether oxygens (including phenoxy) is 3. The van der Waals surface area contributed by atoms with E-state index in [9.17, 15) is 4.79 Å². The van der Waals surface area contributed by atoms with E-state index in [2.05, 4.69) is 11.6 Å². The SMILES string of the molecule is C=CCOC(=O)c1cc(-c2ccc(OC)c(OC)c2)nc2ccccc12. The molecule has 0 unspecified atom stereocenters. The number of esters is 1. The second-order valence-corrected chi connectivity index (χ2v) is 5.53. The molecular weight excluding hydrogens is 330 g/mol. The Morgan fingerprint density at radius 3 is 2.58 bits per heavy atom. The van der Waals surface area contributed by atoms with Gasteiger partial charge in [0.15, 0.2) is 11.5 Å². The largest absolute Gasteiger partial charge is 0.493 e. The Hall–Kier alpha value is -3.34. The standard InChI is InChI=1S/C21H19NO4/c1-4-11-26-21(23)16-13-18(22-17-8-6-5-7-15(16)17)14-9-10-19(24-2)20(12-14)25-3/h4-10,12-13H,1,11H2,2-3H3. The second kappa shape index (κ2) is 7.70. The van der Waals surface area contributed by atoms with Gasteiger partial charge in [0.2, 0.25) is 0 Å². The fourth-order valence-corrected chi connectivity index (χ4v) is 2.70. The third kappa shape index (κ3) is 3.37. The number of nitrogens with zero attached hydrogens (tertiary/aromatic N) is 1. The number of carbonyl (C=O) groups is 1. The lowest BCUT2D eigenvalue weighted by molar-refractivity contribution is 0.0552. The Bertz CT molecular complexity index is 965. The van der Waals surface area contributed by atoms with Gasteiger partial charge in [0, 0.05) is 10.9 Å². The van der Waals surface area contributed by atoms with Gasteiger partial charge in [-0.05, 0) is 30.3 Å². The molecule has 0 aliphatic carbocycles. The van der Waals surface area contributed by atoms with E-state index < -0.39 is 5.97 Å². The number of pyridine rings is 1. The van der Waals surface area contributed by atoms with Gasteiger partial charge in [0.05, 0.1) is 31.0 Å². The fraction of sp³-hybridized carbons (Fsp3) is 0.143. The predicted octanol–water partition coefficient (Wildman–Crippen LogP) is 4.26. The number of hydrogen-bond acceptors (Lipinski definition) is 5. The average molecular weight is 349 g/mol. The molecule has 0 aliphatic rings. The Morgan fingerprint density at radius 2 is 1.85 bits per heavy atom. The second-order valence-electron chi connectivity index (χ2n) is 5.53. The zero-order valence-corrected chi connectivity index (χ0v) is 14.7. The molecule has 2 aromatic carbocycles. The van der Waals surface area contributed by atoms with Crippen molar-refractivity contribution in [2.24, 2.45) is 0 Å². The van der Waals surface area contributed by atoms with Crippen LogP contribution in [0.5, 0.6) is 11.5 Å². The normalized spacial score (nSPS) is 10.4. The van der Waals surface area contributed by atoms with Crippen LogP contribution in [0.15, 0.2) is 61.2 Å². The molecule has 0 aliphatic heterocycles. The topological polar surface area (TPSA) is 57.7 Å². The zero-order chi connectivity index (χ0) is 18.5. The molecule has 3 rings (SSSR count). The van der Waals surface area contributed by atoms with Gasteiger partial charge in [-0.1, -0.05) is 30.9 Å². The van der Waals surface area contributed by atoms with Crippen molar-refractivity contribution in [2.45, 2.75) is 0 Å².